The molecule has 2 aromatic rings. The lowest BCUT2D eigenvalue weighted by Crippen LogP contribution is -2.49. The van der Waals surface area contributed by atoms with Gasteiger partial charge in [0.15, 0.2) is 0 Å². The molecule has 0 saturated carbocycles. The van der Waals surface area contributed by atoms with E-state index in [2.05, 4.69) is 27.6 Å². The van der Waals surface area contributed by atoms with Crippen LogP contribution in [0.25, 0.3) is 0 Å². The Morgan fingerprint density at radius 2 is 1.70 bits per heavy atom. The number of nitrogens with one attached hydrogen (secondary N) is 1. The van der Waals surface area contributed by atoms with Crippen molar-refractivity contribution in [3.63, 3.8) is 0 Å². The van der Waals surface area contributed by atoms with Crippen LogP contribution in [0, 0.1) is 13.8 Å². The molecule has 1 fully saturated rings. The molecule has 0 radical (unpaired) electrons. The third-order valence-electron chi connectivity index (χ3n) is 4.49. The molecule has 8 heteroatoms. The number of benzene rings is 1. The number of nitrogens with zero attached hydrogens (tertiary/aromatic N) is 3. The van der Waals surface area contributed by atoms with E-state index >= 15 is 0 Å². The third kappa shape index (κ3) is 4.77. The molecule has 1 aromatic heterocycles. The maximum absolute atomic E-state index is 12.7. The van der Waals surface area contributed by atoms with Gasteiger partial charge in [0, 0.05) is 43.6 Å². The first-order valence-electron chi connectivity index (χ1n) is 8.78. The minimum atomic E-state index is -3.33. The van der Waals surface area contributed by atoms with Crippen LogP contribution in [-0.4, -0.2) is 56.6 Å². The number of amides is 1. The van der Waals surface area contributed by atoms with Crippen LogP contribution in [0.1, 0.15) is 21.5 Å². The van der Waals surface area contributed by atoms with Gasteiger partial charge in [0.25, 0.3) is 5.91 Å². The Hall–Kier alpha value is -2.61. The van der Waals surface area contributed by atoms with E-state index in [0.29, 0.717) is 24.3 Å². The van der Waals surface area contributed by atoms with Gasteiger partial charge in [-0.1, -0.05) is 6.07 Å². The number of sulfonamides is 1. The first-order chi connectivity index (χ1) is 12.7. The van der Waals surface area contributed by atoms with Crippen LogP contribution in [0.3, 0.4) is 0 Å². The van der Waals surface area contributed by atoms with E-state index in [1.807, 2.05) is 18.0 Å². The Kier molecular flexibility index (Phi) is 5.36. The van der Waals surface area contributed by atoms with Crippen LogP contribution < -0.4 is 9.62 Å². The molecule has 7 nitrogen and oxygen atoms in total. The molecule has 1 aliphatic rings. The summed E-state index contributed by atoms with van der Waals surface area (Å²) in [5, 5.41) is 0. The quantitative estimate of drug-likeness (QED) is 0.867. The summed E-state index contributed by atoms with van der Waals surface area (Å²) in [6.45, 7) is 6.79. The summed E-state index contributed by atoms with van der Waals surface area (Å²) < 4.78 is 24.9. The van der Waals surface area contributed by atoms with Crippen molar-refractivity contribution in [2.75, 3.05) is 42.1 Å². The highest BCUT2D eigenvalue weighted by molar-refractivity contribution is 7.92. The number of anilines is 2. The molecule has 27 heavy (non-hydrogen) atoms. The van der Waals surface area contributed by atoms with Gasteiger partial charge in [-0.3, -0.25) is 9.52 Å². The molecule has 0 spiro atoms. The van der Waals surface area contributed by atoms with Crippen molar-refractivity contribution in [1.82, 2.24) is 9.88 Å². The zero-order chi connectivity index (χ0) is 19.6. The molecule has 1 aliphatic heterocycles. The molecule has 0 aliphatic carbocycles. The zero-order valence-corrected chi connectivity index (χ0v) is 16.6. The molecule has 0 atom stereocenters. The van der Waals surface area contributed by atoms with Gasteiger partial charge in [-0.2, -0.15) is 0 Å². The molecule has 144 valence electrons. The Morgan fingerprint density at radius 1 is 1.07 bits per heavy atom. The number of aryl methyl sites for hydroxylation is 2. The topological polar surface area (TPSA) is 82.6 Å². The van der Waals surface area contributed by atoms with Crippen molar-refractivity contribution in [3.8, 4) is 0 Å². The first-order valence-corrected chi connectivity index (χ1v) is 10.7. The summed E-state index contributed by atoms with van der Waals surface area (Å²) in [6, 6.07) is 8.61. The smallest absolute Gasteiger partial charge is 0.253 e. The lowest BCUT2D eigenvalue weighted by atomic mass is 10.1. The van der Waals surface area contributed by atoms with E-state index < -0.39 is 10.0 Å². The van der Waals surface area contributed by atoms with Crippen LogP contribution in [0.4, 0.5) is 11.5 Å². The van der Waals surface area contributed by atoms with Crippen LogP contribution in [0.5, 0.6) is 0 Å². The van der Waals surface area contributed by atoms with Crippen LogP contribution in [0.15, 0.2) is 36.5 Å². The number of rotatable bonds is 4. The van der Waals surface area contributed by atoms with E-state index in [9.17, 15) is 13.2 Å². The summed E-state index contributed by atoms with van der Waals surface area (Å²) in [4.78, 5) is 21.3. The standard InChI is InChI=1S/C19H24N4O3S/c1-14-12-15(2)18(20-13-14)22-8-10-23(11-9-22)19(24)16-4-6-17(7-5-16)21-27(3,25)26/h4-7,12-13,21H,8-11H2,1-3H3. The molecule has 1 saturated heterocycles. The maximum atomic E-state index is 12.7. The van der Waals surface area contributed by atoms with Gasteiger partial charge in [0.05, 0.1) is 6.26 Å². The SMILES string of the molecule is Cc1cnc(N2CCN(C(=O)c3ccc(NS(C)(=O)=O)cc3)CC2)c(C)c1. The summed E-state index contributed by atoms with van der Waals surface area (Å²) >= 11 is 0. The predicted molar refractivity (Wildman–Crippen MR) is 107 cm³/mol. The minimum absolute atomic E-state index is 0.0471. The fourth-order valence-electron chi connectivity index (χ4n) is 3.24. The van der Waals surface area contributed by atoms with Crippen molar-refractivity contribution >= 4 is 27.4 Å². The summed E-state index contributed by atoms with van der Waals surface area (Å²) in [5.74, 6) is 0.929. The molecule has 3 rings (SSSR count). The van der Waals surface area contributed by atoms with Crippen molar-refractivity contribution in [2.24, 2.45) is 0 Å². The largest absolute Gasteiger partial charge is 0.353 e. The van der Waals surface area contributed by atoms with E-state index in [4.69, 9.17) is 0 Å². The van der Waals surface area contributed by atoms with Crippen molar-refractivity contribution in [1.29, 1.82) is 0 Å². The first kappa shape index (κ1) is 19.2. The van der Waals surface area contributed by atoms with E-state index in [1.165, 1.54) is 0 Å². The molecular weight excluding hydrogens is 364 g/mol. The zero-order valence-electron chi connectivity index (χ0n) is 15.8. The highest BCUT2D eigenvalue weighted by atomic mass is 32.2. The van der Waals surface area contributed by atoms with Gasteiger partial charge in [0.1, 0.15) is 5.82 Å². The van der Waals surface area contributed by atoms with E-state index in [-0.39, 0.29) is 5.91 Å². The summed E-state index contributed by atoms with van der Waals surface area (Å²) in [5.41, 5.74) is 3.27. The Balaban J connectivity index is 1.63. The number of hydrogen-bond acceptors (Lipinski definition) is 5. The van der Waals surface area contributed by atoms with Gasteiger partial charge in [-0.05, 0) is 49.2 Å². The van der Waals surface area contributed by atoms with Gasteiger partial charge in [0.2, 0.25) is 10.0 Å². The highest BCUT2D eigenvalue weighted by Gasteiger charge is 2.23. The molecule has 2 heterocycles. The second kappa shape index (κ2) is 7.56. The Labute approximate surface area is 160 Å². The number of hydrogen-bond donors (Lipinski definition) is 1. The average Bonchev–Trinajstić information content (AvgIpc) is 2.61. The van der Waals surface area contributed by atoms with Crippen molar-refractivity contribution < 1.29 is 13.2 Å². The molecule has 1 amide bonds. The predicted octanol–water partition coefficient (Wildman–Crippen LogP) is 2.03. The fourth-order valence-corrected chi connectivity index (χ4v) is 3.80. The van der Waals surface area contributed by atoms with Crippen LogP contribution >= 0.6 is 0 Å². The van der Waals surface area contributed by atoms with Gasteiger partial charge < -0.3 is 9.80 Å². The van der Waals surface area contributed by atoms with Gasteiger partial charge in [-0.25, -0.2) is 13.4 Å². The minimum Gasteiger partial charge on any atom is -0.353 e. The number of piperazine rings is 1. The van der Waals surface area contributed by atoms with Gasteiger partial charge in [-0.15, -0.1) is 0 Å². The molecular formula is C19H24N4O3S. The normalized spacial score (nSPS) is 14.9. The second-order valence-corrected chi connectivity index (χ2v) is 8.63. The van der Waals surface area contributed by atoms with Crippen molar-refractivity contribution in [2.45, 2.75) is 13.8 Å². The fraction of sp³-hybridized carbons (Fsp3) is 0.368. The van der Waals surface area contributed by atoms with Crippen LogP contribution in [-0.2, 0) is 10.0 Å². The number of pyridine rings is 1. The van der Waals surface area contributed by atoms with Gasteiger partial charge >= 0.3 is 0 Å². The van der Waals surface area contributed by atoms with E-state index in [0.717, 1.165) is 36.3 Å². The Morgan fingerprint density at radius 3 is 2.26 bits per heavy atom. The third-order valence-corrected chi connectivity index (χ3v) is 5.10. The summed E-state index contributed by atoms with van der Waals surface area (Å²) in [6.07, 6.45) is 2.96. The lowest BCUT2D eigenvalue weighted by molar-refractivity contribution is 0.0746. The maximum Gasteiger partial charge on any atom is 0.253 e. The van der Waals surface area contributed by atoms with Crippen LogP contribution in [0.2, 0.25) is 0 Å². The number of carbonyl (C=O) groups is 1. The number of aromatic nitrogens is 1. The van der Waals surface area contributed by atoms with E-state index in [1.54, 1.807) is 24.3 Å². The molecule has 1 N–H and O–H groups in total. The Bertz CT molecular complexity index is 934. The second-order valence-electron chi connectivity index (χ2n) is 6.88. The van der Waals surface area contributed by atoms with Crippen molar-refractivity contribution in [3.05, 3.63) is 53.2 Å². The number of carbonyl (C=O) groups excluding carboxylic acids is 1. The molecule has 1 aromatic carbocycles. The lowest BCUT2D eigenvalue weighted by Gasteiger charge is -2.36. The molecule has 0 unspecified atom stereocenters. The highest BCUT2D eigenvalue weighted by Crippen LogP contribution is 2.20. The average molecular weight is 388 g/mol. The summed E-state index contributed by atoms with van der Waals surface area (Å²) in [7, 11) is -3.33. The monoisotopic (exact) mass is 388 g/mol. The molecule has 0 bridgehead atoms.